The second kappa shape index (κ2) is 9.28. The van der Waals surface area contributed by atoms with E-state index in [1.807, 2.05) is 0 Å². The molecule has 0 aromatic rings. The summed E-state index contributed by atoms with van der Waals surface area (Å²) in [7, 11) is -3.37. The number of carbonyl (C=O) groups is 2. The average molecular weight is 335 g/mol. The smallest absolute Gasteiger partial charge is 0.340 e. The first kappa shape index (κ1) is 19.1. The van der Waals surface area contributed by atoms with Crippen LogP contribution in [-0.2, 0) is 27.9 Å². The maximum absolute atomic E-state index is 12.4. The van der Waals surface area contributed by atoms with Crippen LogP contribution in [0.1, 0.15) is 33.6 Å². The van der Waals surface area contributed by atoms with E-state index in [1.165, 1.54) is 0 Å². The molecule has 1 aliphatic rings. The zero-order valence-corrected chi connectivity index (χ0v) is 14.5. The number of carbonyl (C=O) groups excluding carboxylic acids is 2. The molecule has 0 saturated carbocycles. The van der Waals surface area contributed by atoms with Crippen LogP contribution in [-0.4, -0.2) is 55.8 Å². The fourth-order valence-electron chi connectivity index (χ4n) is 2.41. The van der Waals surface area contributed by atoms with Crippen LogP contribution in [0, 0.1) is 5.92 Å². The molecular formula is C14H26NO6P. The first-order valence-corrected chi connectivity index (χ1v) is 9.51. The summed E-state index contributed by atoms with van der Waals surface area (Å²) in [5.74, 6) is -0.619. The maximum Gasteiger partial charge on any atom is 0.340 e. The molecule has 0 unspecified atom stereocenters. The molecule has 1 rings (SSSR count). The summed E-state index contributed by atoms with van der Waals surface area (Å²) in [5, 5.41) is 0. The number of hydrogen-bond acceptors (Lipinski definition) is 6. The lowest BCUT2D eigenvalue weighted by atomic mass is 9.97. The molecule has 1 amide bonds. The van der Waals surface area contributed by atoms with Crippen LogP contribution in [0.2, 0.25) is 0 Å². The maximum atomic E-state index is 12.4. The molecule has 0 bridgehead atoms. The van der Waals surface area contributed by atoms with Crippen LogP contribution in [0.4, 0.5) is 0 Å². The van der Waals surface area contributed by atoms with E-state index in [0.29, 0.717) is 32.5 Å². The molecule has 0 atom stereocenters. The van der Waals surface area contributed by atoms with Crippen molar-refractivity contribution in [2.75, 3.05) is 39.1 Å². The van der Waals surface area contributed by atoms with Crippen molar-refractivity contribution in [2.45, 2.75) is 33.6 Å². The van der Waals surface area contributed by atoms with E-state index in [4.69, 9.17) is 13.8 Å². The van der Waals surface area contributed by atoms with Gasteiger partial charge in [-0.3, -0.25) is 14.2 Å². The van der Waals surface area contributed by atoms with Crippen LogP contribution in [0.15, 0.2) is 0 Å². The van der Waals surface area contributed by atoms with Crippen molar-refractivity contribution >= 4 is 19.5 Å². The lowest BCUT2D eigenvalue weighted by Crippen LogP contribution is -2.42. The quantitative estimate of drug-likeness (QED) is 0.499. The fourth-order valence-corrected chi connectivity index (χ4v) is 3.99. The third kappa shape index (κ3) is 5.71. The van der Waals surface area contributed by atoms with Gasteiger partial charge in [-0.2, -0.15) is 0 Å². The molecule has 1 saturated heterocycles. The number of piperidine rings is 1. The van der Waals surface area contributed by atoms with Crippen LogP contribution in [0.25, 0.3) is 0 Å². The first-order chi connectivity index (χ1) is 10.5. The molecule has 0 N–H and O–H groups in total. The summed E-state index contributed by atoms with van der Waals surface area (Å²) in [6.45, 7) is 6.94. The van der Waals surface area contributed by atoms with Gasteiger partial charge in [-0.25, -0.2) is 0 Å². The Morgan fingerprint density at radius 1 is 1.05 bits per heavy atom. The second-order valence-electron chi connectivity index (χ2n) is 5.01. The average Bonchev–Trinajstić information content (AvgIpc) is 2.48. The van der Waals surface area contributed by atoms with Gasteiger partial charge in [-0.1, -0.05) is 0 Å². The Bertz CT molecular complexity index is 410. The van der Waals surface area contributed by atoms with Gasteiger partial charge in [-0.15, -0.1) is 0 Å². The predicted molar refractivity (Wildman–Crippen MR) is 81.7 cm³/mol. The SMILES string of the molecule is CCOC(=O)C1CCN(C(=O)CP(=O)(OCC)OCC)CC1. The minimum atomic E-state index is -3.37. The van der Waals surface area contributed by atoms with Crippen molar-refractivity contribution in [3.8, 4) is 0 Å². The molecule has 1 aliphatic heterocycles. The van der Waals surface area contributed by atoms with E-state index in [1.54, 1.807) is 25.7 Å². The molecule has 8 heteroatoms. The van der Waals surface area contributed by atoms with Crippen LogP contribution in [0.3, 0.4) is 0 Å². The lowest BCUT2D eigenvalue weighted by Gasteiger charge is -2.31. The van der Waals surface area contributed by atoms with Crippen molar-refractivity contribution < 1.29 is 27.9 Å². The molecule has 22 heavy (non-hydrogen) atoms. The molecule has 1 heterocycles. The topological polar surface area (TPSA) is 82.1 Å². The lowest BCUT2D eigenvalue weighted by molar-refractivity contribution is -0.151. The fraction of sp³-hybridized carbons (Fsp3) is 0.857. The number of likely N-dealkylation sites (tertiary alicyclic amines) is 1. The third-order valence-electron chi connectivity index (χ3n) is 3.45. The number of amides is 1. The normalized spacial score (nSPS) is 16.6. The zero-order chi connectivity index (χ0) is 16.6. The van der Waals surface area contributed by atoms with Crippen molar-refractivity contribution in [1.29, 1.82) is 0 Å². The number of ether oxygens (including phenoxy) is 1. The van der Waals surface area contributed by atoms with Crippen LogP contribution in [0.5, 0.6) is 0 Å². The van der Waals surface area contributed by atoms with E-state index >= 15 is 0 Å². The highest BCUT2D eigenvalue weighted by molar-refractivity contribution is 7.54. The van der Waals surface area contributed by atoms with Crippen LogP contribution < -0.4 is 0 Å². The summed E-state index contributed by atoms with van der Waals surface area (Å²) in [5.41, 5.74) is 0. The second-order valence-corrected chi connectivity index (χ2v) is 7.07. The molecule has 0 aromatic heterocycles. The minimum absolute atomic E-state index is 0.158. The van der Waals surface area contributed by atoms with Gasteiger partial charge in [0.15, 0.2) is 0 Å². The molecule has 128 valence electrons. The van der Waals surface area contributed by atoms with Gasteiger partial charge in [0.2, 0.25) is 5.91 Å². The molecule has 0 spiro atoms. The number of esters is 1. The Kier molecular flexibility index (Phi) is 8.07. The molecule has 0 radical (unpaired) electrons. The first-order valence-electron chi connectivity index (χ1n) is 7.78. The Balaban J connectivity index is 2.51. The van der Waals surface area contributed by atoms with Gasteiger partial charge in [-0.05, 0) is 33.6 Å². The molecule has 0 aliphatic carbocycles. The van der Waals surface area contributed by atoms with E-state index in [-0.39, 0.29) is 37.2 Å². The number of hydrogen-bond donors (Lipinski definition) is 0. The van der Waals surface area contributed by atoms with Crippen molar-refractivity contribution in [3.05, 3.63) is 0 Å². The summed E-state index contributed by atoms with van der Waals surface area (Å²) in [4.78, 5) is 25.5. The summed E-state index contributed by atoms with van der Waals surface area (Å²) < 4.78 is 27.6. The van der Waals surface area contributed by atoms with Crippen molar-refractivity contribution in [3.63, 3.8) is 0 Å². The van der Waals surface area contributed by atoms with Gasteiger partial charge >= 0.3 is 13.6 Å². The van der Waals surface area contributed by atoms with Crippen LogP contribution >= 0.6 is 7.60 Å². The number of rotatable bonds is 8. The summed E-state index contributed by atoms with van der Waals surface area (Å²) in [6, 6.07) is 0. The predicted octanol–water partition coefficient (Wildman–Crippen LogP) is 2.05. The van der Waals surface area contributed by atoms with E-state index in [9.17, 15) is 14.2 Å². The van der Waals surface area contributed by atoms with Crippen molar-refractivity contribution in [2.24, 2.45) is 5.92 Å². The largest absolute Gasteiger partial charge is 0.466 e. The van der Waals surface area contributed by atoms with Gasteiger partial charge < -0.3 is 18.7 Å². The summed E-state index contributed by atoms with van der Waals surface area (Å²) in [6.07, 6.45) is 0.884. The molecule has 1 fully saturated rings. The standard InChI is InChI=1S/C14H26NO6P/c1-4-19-14(17)12-7-9-15(10-8-12)13(16)11-22(18,20-5-2)21-6-3/h12H,4-11H2,1-3H3. The summed E-state index contributed by atoms with van der Waals surface area (Å²) >= 11 is 0. The molecule has 7 nitrogen and oxygen atoms in total. The molecular weight excluding hydrogens is 309 g/mol. The highest BCUT2D eigenvalue weighted by Gasteiger charge is 2.33. The Morgan fingerprint density at radius 3 is 2.05 bits per heavy atom. The van der Waals surface area contributed by atoms with Gasteiger partial charge in [0.25, 0.3) is 0 Å². The van der Waals surface area contributed by atoms with E-state index in [2.05, 4.69) is 0 Å². The van der Waals surface area contributed by atoms with Gasteiger partial charge in [0, 0.05) is 13.1 Å². The highest BCUT2D eigenvalue weighted by Crippen LogP contribution is 2.48. The Morgan fingerprint density at radius 2 is 1.59 bits per heavy atom. The minimum Gasteiger partial charge on any atom is -0.466 e. The van der Waals surface area contributed by atoms with E-state index < -0.39 is 7.60 Å². The number of nitrogens with zero attached hydrogens (tertiary/aromatic N) is 1. The van der Waals surface area contributed by atoms with E-state index in [0.717, 1.165) is 0 Å². The molecule has 0 aromatic carbocycles. The zero-order valence-electron chi connectivity index (χ0n) is 13.6. The van der Waals surface area contributed by atoms with Crippen molar-refractivity contribution in [1.82, 2.24) is 4.90 Å². The Hall–Kier alpha value is -0.910. The monoisotopic (exact) mass is 335 g/mol. The third-order valence-corrected chi connectivity index (χ3v) is 5.41. The highest BCUT2D eigenvalue weighted by atomic mass is 31.2. The Labute approximate surface area is 131 Å². The van der Waals surface area contributed by atoms with Gasteiger partial charge in [0.05, 0.1) is 25.7 Å². The van der Waals surface area contributed by atoms with Gasteiger partial charge in [0.1, 0.15) is 6.16 Å².